The highest BCUT2D eigenvalue weighted by molar-refractivity contribution is 7.89. The Labute approximate surface area is 199 Å². The molecule has 172 valence electrons. The first-order valence-electron chi connectivity index (χ1n) is 10.7. The van der Waals surface area contributed by atoms with Gasteiger partial charge in [-0.15, -0.1) is 11.3 Å². The Morgan fingerprint density at radius 2 is 2.15 bits per heavy atom. The van der Waals surface area contributed by atoms with E-state index >= 15 is 0 Å². The van der Waals surface area contributed by atoms with Crippen LogP contribution < -0.4 is 0 Å². The van der Waals surface area contributed by atoms with E-state index in [0.29, 0.717) is 0 Å². The van der Waals surface area contributed by atoms with Gasteiger partial charge in [0.1, 0.15) is 16.7 Å². The smallest absolute Gasteiger partial charge is 0.213 e. The van der Waals surface area contributed by atoms with Crippen LogP contribution in [0.3, 0.4) is 0 Å². The summed E-state index contributed by atoms with van der Waals surface area (Å²) in [7, 11) is -3.32. The van der Waals surface area contributed by atoms with E-state index < -0.39 is 15.6 Å². The SMILES string of the molecule is CCS(=O)(=O)N1CC(CC#N)(n2cc(-n3c(-c4cccs4)nc4cnc5[nH]ccc5c43)cn2)C1. The summed E-state index contributed by atoms with van der Waals surface area (Å²) in [6, 6.07) is 8.19. The van der Waals surface area contributed by atoms with Gasteiger partial charge in [0.15, 0.2) is 5.82 Å². The lowest BCUT2D eigenvalue weighted by molar-refractivity contribution is 0.0718. The lowest BCUT2D eigenvalue weighted by atomic mass is 9.89. The molecule has 10 nitrogen and oxygen atoms in total. The van der Waals surface area contributed by atoms with Crippen molar-refractivity contribution < 1.29 is 8.42 Å². The number of nitriles is 1. The molecule has 34 heavy (non-hydrogen) atoms. The first-order valence-corrected chi connectivity index (χ1v) is 13.2. The Morgan fingerprint density at radius 1 is 1.29 bits per heavy atom. The molecule has 1 aliphatic rings. The molecule has 12 heteroatoms. The monoisotopic (exact) mass is 492 g/mol. The molecule has 0 spiro atoms. The third kappa shape index (κ3) is 3.01. The molecule has 0 saturated carbocycles. The predicted octanol–water partition coefficient (Wildman–Crippen LogP) is 3.10. The van der Waals surface area contributed by atoms with Crippen molar-refractivity contribution in [1.29, 1.82) is 5.26 Å². The van der Waals surface area contributed by atoms with Gasteiger partial charge in [0, 0.05) is 30.9 Å². The number of fused-ring (bicyclic) bond motifs is 3. The van der Waals surface area contributed by atoms with Crippen LogP contribution in [0.5, 0.6) is 0 Å². The van der Waals surface area contributed by atoms with E-state index in [0.717, 1.165) is 38.5 Å². The highest BCUT2D eigenvalue weighted by Gasteiger charge is 2.49. The summed E-state index contributed by atoms with van der Waals surface area (Å²) in [4.78, 5) is 13.5. The minimum absolute atomic E-state index is 0.0336. The number of hydrogen-bond acceptors (Lipinski definition) is 7. The van der Waals surface area contributed by atoms with Gasteiger partial charge in [-0.2, -0.15) is 14.7 Å². The average Bonchev–Trinajstić information content (AvgIpc) is 3.58. The molecule has 0 aliphatic carbocycles. The molecule has 1 saturated heterocycles. The molecule has 6 rings (SSSR count). The van der Waals surface area contributed by atoms with E-state index in [-0.39, 0.29) is 25.3 Å². The predicted molar refractivity (Wildman–Crippen MR) is 129 cm³/mol. The Hall–Kier alpha value is -3.53. The summed E-state index contributed by atoms with van der Waals surface area (Å²) in [6.07, 6.45) is 7.39. The zero-order valence-corrected chi connectivity index (χ0v) is 19.8. The minimum Gasteiger partial charge on any atom is -0.346 e. The number of imidazole rings is 1. The van der Waals surface area contributed by atoms with Gasteiger partial charge in [-0.3, -0.25) is 9.25 Å². The maximum absolute atomic E-state index is 12.3. The van der Waals surface area contributed by atoms with E-state index in [2.05, 4.69) is 25.7 Å². The number of rotatable bonds is 6. The second-order valence-electron chi connectivity index (χ2n) is 8.35. The molecule has 5 aromatic heterocycles. The van der Waals surface area contributed by atoms with Gasteiger partial charge < -0.3 is 4.98 Å². The molecule has 0 radical (unpaired) electrons. The third-order valence-electron chi connectivity index (χ3n) is 6.36. The van der Waals surface area contributed by atoms with Crippen molar-refractivity contribution in [3.05, 3.63) is 48.4 Å². The Balaban J connectivity index is 1.51. The van der Waals surface area contributed by atoms with Gasteiger partial charge in [-0.1, -0.05) is 6.07 Å². The topological polar surface area (TPSA) is 125 Å². The van der Waals surface area contributed by atoms with Gasteiger partial charge in [-0.25, -0.2) is 18.4 Å². The van der Waals surface area contributed by atoms with Crippen molar-refractivity contribution in [1.82, 2.24) is 33.6 Å². The lowest BCUT2D eigenvalue weighted by Crippen LogP contribution is -2.64. The zero-order valence-electron chi connectivity index (χ0n) is 18.2. The van der Waals surface area contributed by atoms with Gasteiger partial charge >= 0.3 is 0 Å². The Bertz CT molecular complexity index is 1660. The van der Waals surface area contributed by atoms with Crippen LogP contribution in [0.1, 0.15) is 13.3 Å². The van der Waals surface area contributed by atoms with E-state index in [4.69, 9.17) is 4.98 Å². The Morgan fingerprint density at radius 3 is 2.88 bits per heavy atom. The zero-order chi connectivity index (χ0) is 23.5. The van der Waals surface area contributed by atoms with Gasteiger partial charge in [0.25, 0.3) is 0 Å². The number of sulfonamides is 1. The standard InChI is InChI=1S/C22H20N8O2S2/c1-2-34(31,32)28-13-22(14-28,6-7-23)29-12-15(10-26-29)30-19-16-5-8-24-20(16)25-11-17(19)27-21(30)18-4-3-9-33-18/h3-5,8-12H,2,6,13-14H2,1H3,(H,24,25). The van der Waals surface area contributed by atoms with Crippen molar-refractivity contribution in [3.8, 4) is 22.5 Å². The number of nitrogens with zero attached hydrogens (tertiary/aromatic N) is 7. The maximum Gasteiger partial charge on any atom is 0.213 e. The van der Waals surface area contributed by atoms with E-state index in [9.17, 15) is 13.7 Å². The number of nitrogens with one attached hydrogen (secondary N) is 1. The fourth-order valence-electron chi connectivity index (χ4n) is 4.56. The largest absolute Gasteiger partial charge is 0.346 e. The normalized spacial score (nSPS) is 16.1. The average molecular weight is 493 g/mol. The van der Waals surface area contributed by atoms with Crippen LogP contribution in [-0.4, -0.2) is 60.9 Å². The second-order valence-corrected chi connectivity index (χ2v) is 11.6. The molecule has 1 N–H and O–H groups in total. The van der Waals surface area contributed by atoms with Crippen LogP contribution in [0, 0.1) is 11.3 Å². The van der Waals surface area contributed by atoms with Crippen molar-refractivity contribution >= 4 is 43.4 Å². The first kappa shape index (κ1) is 21.0. The number of hydrogen-bond donors (Lipinski definition) is 1. The third-order valence-corrected chi connectivity index (χ3v) is 9.00. The molecule has 6 heterocycles. The van der Waals surface area contributed by atoms with Crippen LogP contribution in [-0.2, 0) is 15.6 Å². The van der Waals surface area contributed by atoms with Crippen LogP contribution >= 0.6 is 11.3 Å². The second kappa shape index (κ2) is 7.49. The Kier molecular flexibility index (Phi) is 4.63. The molecule has 0 unspecified atom stereocenters. The van der Waals surface area contributed by atoms with E-state index in [1.54, 1.807) is 35.3 Å². The van der Waals surface area contributed by atoms with Gasteiger partial charge in [-0.05, 0) is 24.4 Å². The molecule has 5 aromatic rings. The van der Waals surface area contributed by atoms with Crippen LogP contribution in [0.4, 0.5) is 0 Å². The van der Waals surface area contributed by atoms with Crippen molar-refractivity contribution in [3.63, 3.8) is 0 Å². The lowest BCUT2D eigenvalue weighted by Gasteiger charge is -2.47. The number of thiophene rings is 1. The maximum atomic E-state index is 12.3. The molecule has 1 fully saturated rings. The van der Waals surface area contributed by atoms with Crippen LogP contribution in [0.15, 0.2) is 48.4 Å². The summed E-state index contributed by atoms with van der Waals surface area (Å²) in [5.41, 5.74) is 2.53. The molecule has 0 bridgehead atoms. The minimum atomic E-state index is -3.32. The van der Waals surface area contributed by atoms with Crippen molar-refractivity contribution in [2.75, 3.05) is 18.8 Å². The highest BCUT2D eigenvalue weighted by atomic mass is 32.2. The molecule has 0 amide bonds. The summed E-state index contributed by atoms with van der Waals surface area (Å²) in [5, 5.41) is 17.0. The van der Waals surface area contributed by atoms with Crippen molar-refractivity contribution in [2.45, 2.75) is 18.9 Å². The number of aromatic nitrogens is 6. The number of aromatic amines is 1. The summed E-state index contributed by atoms with van der Waals surface area (Å²) >= 11 is 1.59. The quantitative estimate of drug-likeness (QED) is 0.388. The van der Waals surface area contributed by atoms with E-state index in [1.807, 2.05) is 36.0 Å². The fraction of sp³-hybridized carbons (Fsp3) is 0.273. The van der Waals surface area contributed by atoms with Gasteiger partial charge in [0.2, 0.25) is 10.0 Å². The van der Waals surface area contributed by atoms with Gasteiger partial charge in [0.05, 0.1) is 46.7 Å². The molecule has 0 atom stereocenters. The first-order chi connectivity index (χ1) is 16.5. The molecular weight excluding hydrogens is 472 g/mol. The van der Waals surface area contributed by atoms with Crippen molar-refractivity contribution in [2.24, 2.45) is 0 Å². The molecule has 0 aromatic carbocycles. The summed E-state index contributed by atoms with van der Waals surface area (Å²) in [5.74, 6) is 0.810. The van der Waals surface area contributed by atoms with Crippen LogP contribution in [0.2, 0.25) is 0 Å². The molecular formula is C22H20N8O2S2. The fourth-order valence-corrected chi connectivity index (χ4v) is 6.50. The highest BCUT2D eigenvalue weighted by Crippen LogP contribution is 2.37. The summed E-state index contributed by atoms with van der Waals surface area (Å²) in [6.45, 7) is 2.08. The molecule has 1 aliphatic heterocycles. The summed E-state index contributed by atoms with van der Waals surface area (Å²) < 4.78 is 29.8. The number of H-pyrrole nitrogens is 1. The van der Waals surface area contributed by atoms with E-state index in [1.165, 1.54) is 4.31 Å². The van der Waals surface area contributed by atoms with Crippen LogP contribution in [0.25, 0.3) is 38.5 Å². The number of pyridine rings is 1.